The highest BCUT2D eigenvalue weighted by molar-refractivity contribution is 5.78. The van der Waals surface area contributed by atoms with Crippen LogP contribution in [0.2, 0.25) is 0 Å². The monoisotopic (exact) mass is 256 g/mol. The maximum Gasteiger partial charge on any atom is 0.201 e. The number of fused-ring (bicyclic) bond motifs is 1. The molecule has 0 saturated carbocycles. The van der Waals surface area contributed by atoms with Crippen LogP contribution in [0.15, 0.2) is 36.4 Å². The van der Waals surface area contributed by atoms with Crippen LogP contribution < -0.4 is 5.73 Å². The molecular weight excluding hydrogens is 243 g/mol. The SMILES string of the molecule is Cc1cccc(Cn2c(N)nc3cc(F)ccc32)n1. The van der Waals surface area contributed by atoms with Crippen LogP contribution >= 0.6 is 0 Å². The van der Waals surface area contributed by atoms with Gasteiger partial charge in [0.05, 0.1) is 23.3 Å². The summed E-state index contributed by atoms with van der Waals surface area (Å²) in [6.07, 6.45) is 0. The number of benzene rings is 1. The Hall–Kier alpha value is -2.43. The van der Waals surface area contributed by atoms with E-state index >= 15 is 0 Å². The summed E-state index contributed by atoms with van der Waals surface area (Å²) in [7, 11) is 0. The number of pyridine rings is 1. The summed E-state index contributed by atoms with van der Waals surface area (Å²) in [5.41, 5.74) is 9.11. The van der Waals surface area contributed by atoms with Crippen LogP contribution in [-0.4, -0.2) is 14.5 Å². The first-order valence-electron chi connectivity index (χ1n) is 5.97. The maximum atomic E-state index is 13.2. The number of nitrogens with two attached hydrogens (primary N) is 1. The largest absolute Gasteiger partial charge is 0.369 e. The number of nitrogen functional groups attached to an aromatic ring is 1. The van der Waals surface area contributed by atoms with E-state index in [0.29, 0.717) is 18.0 Å². The second-order valence-electron chi connectivity index (χ2n) is 4.46. The molecule has 0 fully saturated rings. The lowest BCUT2D eigenvalue weighted by atomic mass is 10.3. The number of hydrogen-bond donors (Lipinski definition) is 1. The summed E-state index contributed by atoms with van der Waals surface area (Å²) < 4.78 is 15.0. The zero-order valence-electron chi connectivity index (χ0n) is 10.5. The molecule has 0 aliphatic heterocycles. The molecule has 19 heavy (non-hydrogen) atoms. The summed E-state index contributed by atoms with van der Waals surface area (Å²) in [6.45, 7) is 2.46. The molecule has 2 aromatic heterocycles. The molecule has 0 unspecified atom stereocenters. The van der Waals surface area contributed by atoms with Crippen molar-refractivity contribution in [2.45, 2.75) is 13.5 Å². The number of aromatic nitrogens is 3. The Balaban J connectivity index is 2.07. The quantitative estimate of drug-likeness (QED) is 0.766. The smallest absolute Gasteiger partial charge is 0.201 e. The Labute approximate surface area is 109 Å². The van der Waals surface area contributed by atoms with E-state index in [0.717, 1.165) is 16.9 Å². The van der Waals surface area contributed by atoms with Crippen molar-refractivity contribution in [1.82, 2.24) is 14.5 Å². The molecule has 3 rings (SSSR count). The Kier molecular flexibility index (Phi) is 2.67. The molecular formula is C14H13FN4. The Morgan fingerprint density at radius 2 is 2.05 bits per heavy atom. The zero-order valence-corrected chi connectivity index (χ0v) is 10.5. The molecule has 0 aliphatic rings. The third-order valence-corrected chi connectivity index (χ3v) is 3.01. The highest BCUT2D eigenvalue weighted by Crippen LogP contribution is 2.20. The number of imidazole rings is 1. The van der Waals surface area contributed by atoms with Crippen molar-refractivity contribution in [3.8, 4) is 0 Å². The predicted octanol–water partition coefficient (Wildman–Crippen LogP) is 2.51. The molecule has 2 heterocycles. The minimum absolute atomic E-state index is 0.314. The molecule has 4 nitrogen and oxygen atoms in total. The fourth-order valence-corrected chi connectivity index (χ4v) is 2.14. The summed E-state index contributed by atoms with van der Waals surface area (Å²) in [4.78, 5) is 8.60. The van der Waals surface area contributed by atoms with Gasteiger partial charge in [-0.25, -0.2) is 9.37 Å². The summed E-state index contributed by atoms with van der Waals surface area (Å²) >= 11 is 0. The van der Waals surface area contributed by atoms with E-state index in [1.807, 2.05) is 29.7 Å². The Morgan fingerprint density at radius 1 is 1.21 bits per heavy atom. The molecule has 5 heteroatoms. The van der Waals surface area contributed by atoms with Crippen molar-refractivity contribution in [1.29, 1.82) is 0 Å². The summed E-state index contributed by atoms with van der Waals surface area (Å²) in [5, 5.41) is 0. The third kappa shape index (κ3) is 2.14. The Morgan fingerprint density at radius 3 is 2.84 bits per heavy atom. The zero-order chi connectivity index (χ0) is 13.4. The minimum Gasteiger partial charge on any atom is -0.369 e. The topological polar surface area (TPSA) is 56.7 Å². The van der Waals surface area contributed by atoms with Gasteiger partial charge in [0.15, 0.2) is 0 Å². The first-order chi connectivity index (χ1) is 9.13. The van der Waals surface area contributed by atoms with E-state index in [9.17, 15) is 4.39 Å². The second-order valence-corrected chi connectivity index (χ2v) is 4.46. The van der Waals surface area contributed by atoms with Crippen molar-refractivity contribution in [2.24, 2.45) is 0 Å². The average molecular weight is 256 g/mol. The minimum atomic E-state index is -0.314. The van der Waals surface area contributed by atoms with Crippen molar-refractivity contribution in [3.05, 3.63) is 53.6 Å². The molecule has 0 amide bonds. The maximum absolute atomic E-state index is 13.2. The second kappa shape index (κ2) is 4.35. The van der Waals surface area contributed by atoms with Crippen LogP contribution in [0.3, 0.4) is 0 Å². The standard InChI is InChI=1S/C14H13FN4/c1-9-3-2-4-11(17-9)8-19-13-6-5-10(15)7-12(13)18-14(19)16/h2-7H,8H2,1H3,(H2,16,18). The van der Waals surface area contributed by atoms with Gasteiger partial charge in [-0.2, -0.15) is 0 Å². The van der Waals surface area contributed by atoms with Crippen LogP contribution in [0.4, 0.5) is 10.3 Å². The molecule has 0 aliphatic carbocycles. The van der Waals surface area contributed by atoms with Gasteiger partial charge in [0.2, 0.25) is 5.95 Å². The van der Waals surface area contributed by atoms with Crippen LogP contribution in [0.25, 0.3) is 11.0 Å². The molecule has 1 aromatic carbocycles. The van der Waals surface area contributed by atoms with Gasteiger partial charge in [-0.3, -0.25) is 4.98 Å². The number of hydrogen-bond acceptors (Lipinski definition) is 3. The fourth-order valence-electron chi connectivity index (χ4n) is 2.14. The fraction of sp³-hybridized carbons (Fsp3) is 0.143. The number of aryl methyl sites for hydroxylation is 1. The van der Waals surface area contributed by atoms with E-state index in [-0.39, 0.29) is 5.82 Å². The first-order valence-corrected chi connectivity index (χ1v) is 5.97. The molecule has 0 spiro atoms. The molecule has 0 radical (unpaired) electrons. The molecule has 0 bridgehead atoms. The van der Waals surface area contributed by atoms with E-state index in [2.05, 4.69) is 9.97 Å². The number of nitrogens with zero attached hydrogens (tertiary/aromatic N) is 3. The van der Waals surface area contributed by atoms with Gasteiger partial charge < -0.3 is 10.3 Å². The lowest BCUT2D eigenvalue weighted by Gasteiger charge is -2.06. The molecule has 3 aromatic rings. The lowest BCUT2D eigenvalue weighted by Crippen LogP contribution is -2.06. The van der Waals surface area contributed by atoms with Gasteiger partial charge in [-0.15, -0.1) is 0 Å². The molecule has 96 valence electrons. The van der Waals surface area contributed by atoms with Gasteiger partial charge in [-0.05, 0) is 31.2 Å². The average Bonchev–Trinajstić information content (AvgIpc) is 2.65. The van der Waals surface area contributed by atoms with Gasteiger partial charge in [0, 0.05) is 11.8 Å². The number of halogens is 1. The van der Waals surface area contributed by atoms with Crippen LogP contribution in [0.1, 0.15) is 11.4 Å². The first kappa shape index (κ1) is 11.6. The van der Waals surface area contributed by atoms with Gasteiger partial charge in [0.1, 0.15) is 5.82 Å². The Bertz CT molecular complexity index is 748. The van der Waals surface area contributed by atoms with Crippen molar-refractivity contribution in [2.75, 3.05) is 5.73 Å². The van der Waals surface area contributed by atoms with E-state index < -0.39 is 0 Å². The predicted molar refractivity (Wildman–Crippen MR) is 72.2 cm³/mol. The van der Waals surface area contributed by atoms with Crippen molar-refractivity contribution >= 4 is 17.0 Å². The molecule has 0 atom stereocenters. The van der Waals surface area contributed by atoms with Crippen molar-refractivity contribution < 1.29 is 4.39 Å². The van der Waals surface area contributed by atoms with Crippen LogP contribution in [0, 0.1) is 12.7 Å². The summed E-state index contributed by atoms with van der Waals surface area (Å²) in [5.74, 6) is 0.0507. The highest BCUT2D eigenvalue weighted by Gasteiger charge is 2.09. The molecule has 0 saturated heterocycles. The molecule has 2 N–H and O–H groups in total. The van der Waals surface area contributed by atoms with Gasteiger partial charge in [0.25, 0.3) is 0 Å². The van der Waals surface area contributed by atoms with Crippen LogP contribution in [0.5, 0.6) is 0 Å². The van der Waals surface area contributed by atoms with Crippen LogP contribution in [-0.2, 0) is 6.54 Å². The third-order valence-electron chi connectivity index (χ3n) is 3.01. The normalized spacial score (nSPS) is 11.1. The number of anilines is 1. The number of rotatable bonds is 2. The van der Waals surface area contributed by atoms with E-state index in [1.54, 1.807) is 6.07 Å². The summed E-state index contributed by atoms with van der Waals surface area (Å²) in [6, 6.07) is 10.3. The lowest BCUT2D eigenvalue weighted by molar-refractivity contribution is 0.629. The van der Waals surface area contributed by atoms with Crippen molar-refractivity contribution in [3.63, 3.8) is 0 Å². The van der Waals surface area contributed by atoms with Gasteiger partial charge in [-0.1, -0.05) is 6.07 Å². The van der Waals surface area contributed by atoms with E-state index in [1.165, 1.54) is 12.1 Å². The van der Waals surface area contributed by atoms with Gasteiger partial charge >= 0.3 is 0 Å². The highest BCUT2D eigenvalue weighted by atomic mass is 19.1. The van der Waals surface area contributed by atoms with E-state index in [4.69, 9.17) is 5.73 Å².